The molecule has 0 radical (unpaired) electrons. The van der Waals surface area contributed by atoms with Gasteiger partial charge in [-0.2, -0.15) is 0 Å². The Morgan fingerprint density at radius 3 is 2.05 bits per heavy atom. The number of halogens is 1. The van der Waals surface area contributed by atoms with Crippen LogP contribution in [0.15, 0.2) is 83.8 Å². The number of hydrogen-bond donors (Lipinski definition) is 1. The number of nitrogens with one attached hydrogen (secondary N) is 1. The van der Waals surface area contributed by atoms with E-state index in [4.69, 9.17) is 11.6 Å². The van der Waals surface area contributed by atoms with Gasteiger partial charge in [-0.15, -0.1) is 0 Å². The van der Waals surface area contributed by atoms with E-state index in [-0.39, 0.29) is 23.4 Å². The third-order valence-electron chi connectivity index (χ3n) is 5.80. The van der Waals surface area contributed by atoms with E-state index in [1.807, 2.05) is 20.8 Å². The largest absolute Gasteiger partial charge is 0.352 e. The minimum Gasteiger partial charge on any atom is -0.352 e. The number of benzene rings is 3. The first kappa shape index (κ1) is 28.2. The molecule has 3 aromatic rings. The van der Waals surface area contributed by atoms with Crippen LogP contribution in [0.25, 0.3) is 0 Å². The van der Waals surface area contributed by atoms with Crippen LogP contribution in [0.2, 0.25) is 5.02 Å². The van der Waals surface area contributed by atoms with Crippen molar-refractivity contribution in [2.45, 2.75) is 51.2 Å². The van der Waals surface area contributed by atoms with Crippen molar-refractivity contribution < 1.29 is 18.0 Å². The van der Waals surface area contributed by atoms with Crippen molar-refractivity contribution in [3.8, 4) is 0 Å². The van der Waals surface area contributed by atoms with Crippen molar-refractivity contribution in [1.29, 1.82) is 0 Å². The van der Waals surface area contributed by atoms with Gasteiger partial charge < -0.3 is 10.2 Å². The maximum atomic E-state index is 13.8. The van der Waals surface area contributed by atoms with Crippen molar-refractivity contribution in [2.24, 2.45) is 0 Å². The van der Waals surface area contributed by atoms with Gasteiger partial charge in [-0.05, 0) is 69.7 Å². The Hall–Kier alpha value is -3.36. The fraction of sp³-hybridized carbons (Fsp3) is 0.286. The molecule has 9 heteroatoms. The third-order valence-corrected chi connectivity index (χ3v) is 7.84. The van der Waals surface area contributed by atoms with Crippen LogP contribution in [0.4, 0.5) is 5.69 Å². The molecule has 0 unspecified atom stereocenters. The van der Waals surface area contributed by atoms with E-state index >= 15 is 0 Å². The number of nitrogens with zero attached hydrogens (tertiary/aromatic N) is 2. The molecule has 0 aromatic heterocycles. The second-order valence-corrected chi connectivity index (χ2v) is 11.4. The highest BCUT2D eigenvalue weighted by atomic mass is 35.5. The van der Waals surface area contributed by atoms with Gasteiger partial charge in [0.05, 0.1) is 10.6 Å². The molecule has 7 nitrogen and oxygen atoms in total. The molecule has 1 atom stereocenters. The fourth-order valence-electron chi connectivity index (χ4n) is 3.73. The Balaban J connectivity index is 1.99. The fourth-order valence-corrected chi connectivity index (χ4v) is 5.27. The van der Waals surface area contributed by atoms with Gasteiger partial charge in [-0.3, -0.25) is 13.9 Å². The lowest BCUT2D eigenvalue weighted by atomic mass is 10.1. The van der Waals surface area contributed by atoms with Crippen molar-refractivity contribution in [2.75, 3.05) is 10.8 Å². The molecule has 0 saturated heterocycles. The zero-order chi connectivity index (χ0) is 27.2. The van der Waals surface area contributed by atoms with Gasteiger partial charge in [0, 0.05) is 17.6 Å². The lowest BCUT2D eigenvalue weighted by Gasteiger charge is -2.32. The van der Waals surface area contributed by atoms with Gasteiger partial charge >= 0.3 is 0 Å². The Morgan fingerprint density at radius 2 is 1.49 bits per heavy atom. The van der Waals surface area contributed by atoms with Gasteiger partial charge in [0.15, 0.2) is 0 Å². The van der Waals surface area contributed by atoms with Gasteiger partial charge in [0.1, 0.15) is 12.6 Å². The number of sulfonamides is 1. The highest BCUT2D eigenvalue weighted by Crippen LogP contribution is 2.25. The number of hydrogen-bond acceptors (Lipinski definition) is 4. The molecule has 2 amide bonds. The number of para-hydroxylation sites is 1. The average Bonchev–Trinajstić information content (AvgIpc) is 2.86. The highest BCUT2D eigenvalue weighted by Gasteiger charge is 2.32. The maximum absolute atomic E-state index is 13.8. The Morgan fingerprint density at radius 1 is 0.892 bits per heavy atom. The van der Waals surface area contributed by atoms with Crippen LogP contribution >= 0.6 is 11.6 Å². The van der Waals surface area contributed by atoms with Gasteiger partial charge in [-0.25, -0.2) is 8.42 Å². The number of carbonyl (C=O) groups is 2. The monoisotopic (exact) mass is 541 g/mol. The van der Waals surface area contributed by atoms with E-state index in [1.165, 1.54) is 17.0 Å². The Labute approximate surface area is 224 Å². The third kappa shape index (κ3) is 7.33. The molecule has 0 saturated carbocycles. The van der Waals surface area contributed by atoms with Gasteiger partial charge in [0.2, 0.25) is 11.8 Å². The summed E-state index contributed by atoms with van der Waals surface area (Å²) in [5.74, 6) is -0.842. The standard InChI is InChI=1S/C28H32ClN3O4S/c1-20(2)30-28(34)22(4)31(18-23-12-14-24(29)15-13-23)27(33)19-32(25-8-6-5-7-9-25)37(35,36)26-16-10-21(3)11-17-26/h5-17,20,22H,18-19H2,1-4H3,(H,30,34)/t22-/m1/s1. The summed E-state index contributed by atoms with van der Waals surface area (Å²) in [6.45, 7) is 6.80. The van der Waals surface area contributed by atoms with E-state index in [9.17, 15) is 18.0 Å². The van der Waals surface area contributed by atoms with Crippen molar-refractivity contribution >= 4 is 39.1 Å². The van der Waals surface area contributed by atoms with Crippen LogP contribution in [0.3, 0.4) is 0 Å². The molecule has 0 bridgehead atoms. The summed E-state index contributed by atoms with van der Waals surface area (Å²) in [5, 5.41) is 3.38. The van der Waals surface area contributed by atoms with Crippen LogP contribution in [-0.4, -0.2) is 43.8 Å². The lowest BCUT2D eigenvalue weighted by molar-refractivity contribution is -0.139. The SMILES string of the molecule is Cc1ccc(S(=O)(=O)N(CC(=O)N(Cc2ccc(Cl)cc2)[C@H](C)C(=O)NC(C)C)c2ccccc2)cc1. The topological polar surface area (TPSA) is 86.8 Å². The second-order valence-electron chi connectivity index (χ2n) is 9.15. The summed E-state index contributed by atoms with van der Waals surface area (Å²) in [4.78, 5) is 28.1. The quantitative estimate of drug-likeness (QED) is 0.400. The number of carbonyl (C=O) groups excluding carboxylic acids is 2. The number of aryl methyl sites for hydroxylation is 1. The molecule has 0 fully saturated rings. The predicted molar refractivity (Wildman–Crippen MR) is 147 cm³/mol. The minimum absolute atomic E-state index is 0.0737. The van der Waals surface area contributed by atoms with Crippen LogP contribution in [-0.2, 0) is 26.2 Å². The zero-order valence-electron chi connectivity index (χ0n) is 21.4. The molecule has 3 rings (SSSR count). The smallest absolute Gasteiger partial charge is 0.264 e. The van der Waals surface area contributed by atoms with Crippen molar-refractivity contribution in [3.63, 3.8) is 0 Å². The second kappa shape index (κ2) is 12.3. The molecule has 0 aliphatic rings. The van der Waals surface area contributed by atoms with Crippen molar-refractivity contribution in [3.05, 3.63) is 95.0 Å². The Kier molecular flexibility index (Phi) is 9.34. The van der Waals surface area contributed by atoms with E-state index in [2.05, 4.69) is 5.32 Å². The van der Waals surface area contributed by atoms with Crippen LogP contribution in [0.5, 0.6) is 0 Å². The summed E-state index contributed by atoms with van der Waals surface area (Å²) in [5.41, 5.74) is 2.03. The average molecular weight is 542 g/mol. The number of amides is 2. The van der Waals surface area contributed by atoms with Crippen LogP contribution < -0.4 is 9.62 Å². The molecule has 0 spiro atoms. The summed E-state index contributed by atoms with van der Waals surface area (Å²) in [6.07, 6.45) is 0. The van der Waals surface area contributed by atoms with E-state index in [0.29, 0.717) is 10.7 Å². The minimum atomic E-state index is -4.08. The Bertz CT molecular complexity index is 1310. The summed E-state index contributed by atoms with van der Waals surface area (Å²) >= 11 is 6.02. The molecule has 3 aromatic carbocycles. The van der Waals surface area contributed by atoms with Crippen LogP contribution in [0, 0.1) is 6.92 Å². The first-order valence-electron chi connectivity index (χ1n) is 12.0. The summed E-state index contributed by atoms with van der Waals surface area (Å²) < 4.78 is 28.5. The molecular formula is C28H32ClN3O4S. The first-order chi connectivity index (χ1) is 17.5. The summed E-state index contributed by atoms with van der Waals surface area (Å²) in [7, 11) is -4.08. The molecule has 196 valence electrons. The zero-order valence-corrected chi connectivity index (χ0v) is 23.0. The molecule has 0 heterocycles. The highest BCUT2D eigenvalue weighted by molar-refractivity contribution is 7.92. The van der Waals surface area contributed by atoms with Gasteiger partial charge in [-0.1, -0.05) is 59.6 Å². The number of rotatable bonds is 10. The summed E-state index contributed by atoms with van der Waals surface area (Å²) in [6, 6.07) is 20.9. The van der Waals surface area contributed by atoms with Crippen molar-refractivity contribution in [1.82, 2.24) is 10.2 Å². The number of anilines is 1. The maximum Gasteiger partial charge on any atom is 0.264 e. The molecule has 37 heavy (non-hydrogen) atoms. The van der Waals surface area contributed by atoms with Gasteiger partial charge in [0.25, 0.3) is 10.0 Å². The molecule has 0 aliphatic carbocycles. The lowest BCUT2D eigenvalue weighted by Crippen LogP contribution is -2.52. The van der Waals surface area contributed by atoms with E-state index < -0.39 is 28.5 Å². The molecule has 0 aliphatic heterocycles. The van der Waals surface area contributed by atoms with Crippen LogP contribution in [0.1, 0.15) is 31.9 Å². The molecule has 1 N–H and O–H groups in total. The first-order valence-corrected chi connectivity index (χ1v) is 13.8. The predicted octanol–water partition coefficient (Wildman–Crippen LogP) is 4.79. The van der Waals surface area contributed by atoms with E-state index in [1.54, 1.807) is 73.7 Å². The normalized spacial score (nSPS) is 12.2. The molecular weight excluding hydrogens is 510 g/mol. The van der Waals surface area contributed by atoms with E-state index in [0.717, 1.165) is 15.4 Å².